The maximum absolute atomic E-state index is 11.8. The molecule has 0 spiro atoms. The molecule has 31 heavy (non-hydrogen) atoms. The Balaban J connectivity index is 2.87. The van der Waals surface area contributed by atoms with Crippen molar-refractivity contribution in [3.05, 3.63) is 29.8 Å². The van der Waals surface area contributed by atoms with Gasteiger partial charge in [-0.15, -0.1) is 11.8 Å². The Morgan fingerprint density at radius 1 is 1.10 bits per heavy atom. The van der Waals surface area contributed by atoms with Crippen LogP contribution in [0.15, 0.2) is 24.3 Å². The summed E-state index contributed by atoms with van der Waals surface area (Å²) in [6.45, 7) is 13.3. The molecule has 0 N–H and O–H groups in total. The lowest BCUT2D eigenvalue weighted by Crippen LogP contribution is -2.48. The van der Waals surface area contributed by atoms with Crippen molar-refractivity contribution in [2.45, 2.75) is 90.0 Å². The highest BCUT2D eigenvalue weighted by atomic mass is 28.4. The molecule has 0 aromatic heterocycles. The number of ether oxygens (including phenoxy) is 3. The molecule has 0 aliphatic heterocycles. The zero-order valence-corrected chi connectivity index (χ0v) is 21.5. The Morgan fingerprint density at radius 3 is 2.23 bits per heavy atom. The molecule has 0 saturated carbocycles. The third-order valence-corrected chi connectivity index (χ3v) is 10.4. The Morgan fingerprint density at radius 2 is 1.74 bits per heavy atom. The zero-order chi connectivity index (χ0) is 23.5. The average Bonchev–Trinajstić information content (AvgIpc) is 2.73. The van der Waals surface area contributed by atoms with Gasteiger partial charge in [0.05, 0.1) is 25.9 Å². The second-order valence-corrected chi connectivity index (χ2v) is 14.0. The summed E-state index contributed by atoms with van der Waals surface area (Å²) < 4.78 is 23.6. The monoisotopic (exact) mass is 448 g/mol. The van der Waals surface area contributed by atoms with Gasteiger partial charge in [0.2, 0.25) is 0 Å². The van der Waals surface area contributed by atoms with Crippen LogP contribution in [0.1, 0.15) is 52.5 Å². The summed E-state index contributed by atoms with van der Waals surface area (Å²) in [5, 5.41) is 0.0783. The van der Waals surface area contributed by atoms with E-state index in [1.54, 1.807) is 14.2 Å². The number of aldehydes is 1. The van der Waals surface area contributed by atoms with Gasteiger partial charge >= 0.3 is 0 Å². The molecule has 0 fully saturated rings. The molecular weight excluding hydrogens is 408 g/mol. The van der Waals surface area contributed by atoms with Crippen molar-refractivity contribution < 1.29 is 23.4 Å². The normalized spacial score (nSPS) is 14.8. The minimum absolute atomic E-state index is 0.0783. The standard InChI is InChI=1S/C25H40O5Si/c1-9-10-11-12-23(30-31(7,8)25(2,3)4)24(28-6)17-22(18-26)29-19-20-13-15-21(27-5)16-14-20/h13-16,18,22-24H,11-12,17,19H2,1-8H3/t22-,23-,24-/m0/s1. The first-order valence-electron chi connectivity index (χ1n) is 10.9. The van der Waals surface area contributed by atoms with Gasteiger partial charge in [-0.25, -0.2) is 0 Å². The van der Waals surface area contributed by atoms with Gasteiger partial charge in [-0.1, -0.05) is 32.9 Å². The number of benzene rings is 1. The number of hydrogen-bond acceptors (Lipinski definition) is 5. The average molecular weight is 449 g/mol. The molecule has 0 unspecified atom stereocenters. The highest BCUT2D eigenvalue weighted by molar-refractivity contribution is 6.74. The SMILES string of the molecule is CC#CCC[C@H](O[Si](C)(C)C(C)(C)C)[C@H](C[C@@H](C=O)OCc1ccc(OC)cc1)OC. The highest BCUT2D eigenvalue weighted by Crippen LogP contribution is 2.38. The summed E-state index contributed by atoms with van der Waals surface area (Å²) in [7, 11) is 1.28. The van der Waals surface area contributed by atoms with Crippen molar-refractivity contribution in [1.29, 1.82) is 0 Å². The molecule has 6 heteroatoms. The second-order valence-electron chi connectivity index (χ2n) is 9.23. The molecule has 1 aromatic rings. The van der Waals surface area contributed by atoms with Gasteiger partial charge in [0.25, 0.3) is 0 Å². The Bertz CT molecular complexity index is 712. The summed E-state index contributed by atoms with van der Waals surface area (Å²) in [4.78, 5) is 11.8. The van der Waals surface area contributed by atoms with Gasteiger partial charge < -0.3 is 23.4 Å². The van der Waals surface area contributed by atoms with E-state index in [0.717, 1.165) is 30.4 Å². The Labute approximate surface area is 189 Å². The topological polar surface area (TPSA) is 54.0 Å². The van der Waals surface area contributed by atoms with Gasteiger partial charge in [0.1, 0.15) is 18.1 Å². The van der Waals surface area contributed by atoms with Gasteiger partial charge in [-0.05, 0) is 49.2 Å². The van der Waals surface area contributed by atoms with E-state index in [0.29, 0.717) is 13.0 Å². The quantitative estimate of drug-likeness (QED) is 0.230. The van der Waals surface area contributed by atoms with Crippen molar-refractivity contribution in [2.75, 3.05) is 14.2 Å². The van der Waals surface area contributed by atoms with E-state index in [-0.39, 0.29) is 17.2 Å². The number of hydrogen-bond donors (Lipinski definition) is 0. The van der Waals surface area contributed by atoms with Crippen molar-refractivity contribution in [3.63, 3.8) is 0 Å². The van der Waals surface area contributed by atoms with Crippen LogP contribution in [-0.4, -0.2) is 47.1 Å². The molecule has 0 radical (unpaired) electrons. The van der Waals surface area contributed by atoms with E-state index >= 15 is 0 Å². The lowest BCUT2D eigenvalue weighted by Gasteiger charge is -2.41. The van der Waals surface area contributed by atoms with E-state index < -0.39 is 14.4 Å². The molecule has 3 atom stereocenters. The minimum Gasteiger partial charge on any atom is -0.497 e. The summed E-state index contributed by atoms with van der Waals surface area (Å²) in [5.74, 6) is 6.86. The van der Waals surface area contributed by atoms with Gasteiger partial charge in [0, 0.05) is 20.0 Å². The van der Waals surface area contributed by atoms with Crippen molar-refractivity contribution >= 4 is 14.6 Å². The van der Waals surface area contributed by atoms with Crippen LogP contribution < -0.4 is 4.74 Å². The Kier molecular flexibility index (Phi) is 11.5. The second kappa shape index (κ2) is 13.0. The molecule has 0 bridgehead atoms. The summed E-state index contributed by atoms with van der Waals surface area (Å²) in [5.41, 5.74) is 0.980. The van der Waals surface area contributed by atoms with Crippen LogP contribution >= 0.6 is 0 Å². The van der Waals surface area contributed by atoms with Crippen LogP contribution in [0.2, 0.25) is 18.1 Å². The van der Waals surface area contributed by atoms with E-state index in [4.69, 9.17) is 18.6 Å². The largest absolute Gasteiger partial charge is 0.497 e. The van der Waals surface area contributed by atoms with Gasteiger partial charge in [0.15, 0.2) is 8.32 Å². The van der Waals surface area contributed by atoms with Crippen molar-refractivity contribution in [1.82, 2.24) is 0 Å². The highest BCUT2D eigenvalue weighted by Gasteiger charge is 2.41. The number of methoxy groups -OCH3 is 2. The zero-order valence-electron chi connectivity index (χ0n) is 20.5. The van der Waals surface area contributed by atoms with E-state index in [1.807, 2.05) is 31.2 Å². The fourth-order valence-electron chi connectivity index (χ4n) is 2.93. The molecule has 174 valence electrons. The minimum atomic E-state index is -2.02. The smallest absolute Gasteiger partial charge is 0.192 e. The first-order chi connectivity index (χ1) is 14.6. The molecule has 0 aliphatic rings. The maximum Gasteiger partial charge on any atom is 0.192 e. The van der Waals surface area contributed by atoms with Crippen LogP contribution in [0.5, 0.6) is 5.75 Å². The van der Waals surface area contributed by atoms with Crippen LogP contribution in [0, 0.1) is 11.8 Å². The number of carbonyl (C=O) groups is 1. The van der Waals surface area contributed by atoms with E-state index in [9.17, 15) is 4.79 Å². The molecule has 0 amide bonds. The van der Waals surface area contributed by atoms with Crippen LogP contribution in [0.25, 0.3) is 0 Å². The fraction of sp³-hybridized carbons (Fsp3) is 0.640. The predicted octanol–water partition coefficient (Wildman–Crippen LogP) is 5.38. The molecule has 5 nitrogen and oxygen atoms in total. The number of carbonyl (C=O) groups excluding carboxylic acids is 1. The third kappa shape index (κ3) is 9.16. The molecule has 0 saturated heterocycles. The van der Waals surface area contributed by atoms with E-state index in [2.05, 4.69) is 45.7 Å². The third-order valence-electron chi connectivity index (χ3n) is 5.94. The summed E-state index contributed by atoms with van der Waals surface area (Å²) in [6.07, 6.45) is 1.82. The lowest BCUT2D eigenvalue weighted by molar-refractivity contribution is -0.123. The Hall–Kier alpha value is -1.65. The molecule has 0 heterocycles. The summed E-state index contributed by atoms with van der Waals surface area (Å²) >= 11 is 0. The van der Waals surface area contributed by atoms with Gasteiger partial charge in [-0.3, -0.25) is 0 Å². The van der Waals surface area contributed by atoms with Crippen LogP contribution in [0.4, 0.5) is 0 Å². The predicted molar refractivity (Wildman–Crippen MR) is 128 cm³/mol. The first kappa shape index (κ1) is 27.4. The lowest BCUT2D eigenvalue weighted by atomic mass is 10.0. The maximum atomic E-state index is 11.8. The molecular formula is C25H40O5Si. The van der Waals surface area contributed by atoms with Crippen molar-refractivity contribution in [2.24, 2.45) is 0 Å². The molecule has 1 aromatic carbocycles. The van der Waals surface area contributed by atoms with Crippen molar-refractivity contribution in [3.8, 4) is 17.6 Å². The van der Waals surface area contributed by atoms with E-state index in [1.165, 1.54) is 0 Å². The van der Waals surface area contributed by atoms with Crippen LogP contribution in [-0.2, 0) is 25.3 Å². The summed E-state index contributed by atoms with van der Waals surface area (Å²) in [6, 6.07) is 7.62. The molecule has 0 aliphatic carbocycles. The first-order valence-corrected chi connectivity index (χ1v) is 13.8. The number of rotatable bonds is 13. The van der Waals surface area contributed by atoms with Gasteiger partial charge in [-0.2, -0.15) is 0 Å². The van der Waals surface area contributed by atoms with Crippen LogP contribution in [0.3, 0.4) is 0 Å². The molecule has 1 rings (SSSR count). The fourth-order valence-corrected chi connectivity index (χ4v) is 4.31.